The molecule has 0 aliphatic carbocycles. The lowest BCUT2D eigenvalue weighted by Crippen LogP contribution is -2.36. The molecule has 2 amide bonds. The highest BCUT2D eigenvalue weighted by Gasteiger charge is 2.17. The van der Waals surface area contributed by atoms with Gasteiger partial charge in [0.25, 0.3) is 0 Å². The second-order valence-electron chi connectivity index (χ2n) is 5.42. The van der Waals surface area contributed by atoms with Gasteiger partial charge in [-0.05, 0) is 48.6 Å². The van der Waals surface area contributed by atoms with Crippen molar-refractivity contribution in [3.05, 3.63) is 46.7 Å². The summed E-state index contributed by atoms with van der Waals surface area (Å²) >= 11 is 3.14. The molecule has 0 aliphatic rings. The summed E-state index contributed by atoms with van der Waals surface area (Å²) in [7, 11) is 0. The molecule has 0 bridgehead atoms. The topological polar surface area (TPSA) is 78.4 Å². The molecule has 0 radical (unpaired) electrons. The molecule has 0 saturated carbocycles. The first-order valence-corrected chi connectivity index (χ1v) is 10.1. The van der Waals surface area contributed by atoms with Crippen LogP contribution in [0.5, 0.6) is 0 Å². The second-order valence-corrected chi connectivity index (χ2v) is 7.25. The van der Waals surface area contributed by atoms with Crippen LogP contribution in [-0.4, -0.2) is 36.3 Å². The monoisotopic (exact) mass is 378 g/mol. The normalized spacial score (nSPS) is 11.8. The van der Waals surface area contributed by atoms with Crippen LogP contribution in [0.3, 0.4) is 0 Å². The lowest BCUT2D eigenvalue weighted by Gasteiger charge is -2.14. The number of para-hydroxylation sites is 1. The summed E-state index contributed by atoms with van der Waals surface area (Å²) in [5, 5.41) is 16.5. The fraction of sp³-hybridized carbons (Fsp3) is 0.333. The maximum Gasteiger partial charge on any atom is 0.313 e. The molecule has 134 valence electrons. The highest BCUT2D eigenvalue weighted by atomic mass is 32.2. The third-order valence-electron chi connectivity index (χ3n) is 3.76. The van der Waals surface area contributed by atoms with E-state index in [1.807, 2.05) is 42.0 Å². The van der Waals surface area contributed by atoms with Gasteiger partial charge < -0.3 is 15.7 Å². The number of nitrogens with one attached hydrogen (secondary N) is 2. The SMILES string of the molecule is CSc1ccccc1NC(=O)C(=O)NCCC(CCO)c1cccs1. The molecule has 0 fully saturated rings. The van der Waals surface area contributed by atoms with Gasteiger partial charge in [0.2, 0.25) is 0 Å². The standard InChI is InChI=1S/C18H22N2O3S2/c1-24-16-6-3-2-5-14(16)20-18(23)17(22)19-10-8-13(9-11-21)15-7-4-12-25-15/h2-7,12-13,21H,8-11H2,1H3,(H,19,22)(H,20,23). The van der Waals surface area contributed by atoms with Gasteiger partial charge in [0.05, 0.1) is 5.69 Å². The number of anilines is 1. The van der Waals surface area contributed by atoms with E-state index in [4.69, 9.17) is 0 Å². The van der Waals surface area contributed by atoms with Gasteiger partial charge in [-0.1, -0.05) is 18.2 Å². The minimum absolute atomic E-state index is 0.0997. The summed E-state index contributed by atoms with van der Waals surface area (Å²) < 4.78 is 0. The third-order valence-corrected chi connectivity index (χ3v) is 5.59. The fourth-order valence-corrected chi connectivity index (χ4v) is 3.93. The van der Waals surface area contributed by atoms with Crippen molar-refractivity contribution >= 4 is 40.6 Å². The van der Waals surface area contributed by atoms with E-state index in [1.165, 1.54) is 16.6 Å². The number of thiophene rings is 1. The number of aliphatic hydroxyl groups excluding tert-OH is 1. The lowest BCUT2D eigenvalue weighted by atomic mass is 10.00. The molecule has 25 heavy (non-hydrogen) atoms. The van der Waals surface area contributed by atoms with E-state index in [2.05, 4.69) is 10.6 Å². The Bertz CT molecular complexity index is 689. The number of rotatable bonds is 8. The largest absolute Gasteiger partial charge is 0.396 e. The van der Waals surface area contributed by atoms with Gasteiger partial charge in [0, 0.05) is 22.9 Å². The number of hydrogen-bond acceptors (Lipinski definition) is 5. The van der Waals surface area contributed by atoms with Crippen molar-refractivity contribution < 1.29 is 14.7 Å². The number of hydrogen-bond donors (Lipinski definition) is 3. The fourth-order valence-electron chi connectivity index (χ4n) is 2.48. The summed E-state index contributed by atoms with van der Waals surface area (Å²) in [4.78, 5) is 26.1. The van der Waals surface area contributed by atoms with E-state index < -0.39 is 11.8 Å². The molecular weight excluding hydrogens is 356 g/mol. The van der Waals surface area contributed by atoms with Gasteiger partial charge >= 0.3 is 11.8 Å². The number of amides is 2. The summed E-state index contributed by atoms with van der Waals surface area (Å²) in [6.45, 7) is 0.488. The Balaban J connectivity index is 1.83. The number of benzene rings is 1. The molecule has 2 aromatic rings. The van der Waals surface area contributed by atoms with Crippen LogP contribution in [0, 0.1) is 0 Å². The molecule has 1 aromatic heterocycles. The first kappa shape index (κ1) is 19.5. The average molecular weight is 379 g/mol. The Kier molecular flexibility index (Phi) is 7.97. The molecule has 3 N–H and O–H groups in total. The predicted molar refractivity (Wildman–Crippen MR) is 103 cm³/mol. The van der Waals surface area contributed by atoms with Gasteiger partial charge in [-0.2, -0.15) is 0 Å². The van der Waals surface area contributed by atoms with E-state index in [-0.39, 0.29) is 12.5 Å². The van der Waals surface area contributed by atoms with E-state index in [0.717, 1.165) is 4.90 Å². The van der Waals surface area contributed by atoms with Crippen LogP contribution >= 0.6 is 23.1 Å². The van der Waals surface area contributed by atoms with Crippen LogP contribution in [0.25, 0.3) is 0 Å². The first-order valence-electron chi connectivity index (χ1n) is 8.02. The molecule has 0 saturated heterocycles. The summed E-state index contributed by atoms with van der Waals surface area (Å²) in [6.07, 6.45) is 3.24. The van der Waals surface area contributed by atoms with Crippen LogP contribution in [0.15, 0.2) is 46.7 Å². The van der Waals surface area contributed by atoms with Crippen LogP contribution in [0.1, 0.15) is 23.6 Å². The molecule has 1 unspecified atom stereocenters. The molecule has 7 heteroatoms. The number of thioether (sulfide) groups is 1. The van der Waals surface area contributed by atoms with Crippen LogP contribution < -0.4 is 10.6 Å². The molecular formula is C18H22N2O3S2. The second kappa shape index (κ2) is 10.2. The molecule has 0 spiro atoms. The molecule has 0 aliphatic heterocycles. The van der Waals surface area contributed by atoms with Gasteiger partial charge in [-0.15, -0.1) is 23.1 Å². The van der Waals surface area contributed by atoms with Crippen molar-refractivity contribution in [1.29, 1.82) is 0 Å². The maximum atomic E-state index is 12.0. The van der Waals surface area contributed by atoms with Crippen molar-refractivity contribution in [2.45, 2.75) is 23.7 Å². The molecule has 5 nitrogen and oxygen atoms in total. The molecule has 1 atom stereocenters. The Hall–Kier alpha value is -1.83. The Labute approximate surface area is 155 Å². The highest BCUT2D eigenvalue weighted by molar-refractivity contribution is 7.98. The number of aliphatic hydroxyl groups is 1. The highest BCUT2D eigenvalue weighted by Crippen LogP contribution is 2.27. The van der Waals surface area contributed by atoms with Crippen molar-refractivity contribution in [3.63, 3.8) is 0 Å². The van der Waals surface area contributed by atoms with Crippen LogP contribution in [-0.2, 0) is 9.59 Å². The van der Waals surface area contributed by atoms with Gasteiger partial charge in [0.1, 0.15) is 0 Å². The van der Waals surface area contributed by atoms with Crippen molar-refractivity contribution in [2.24, 2.45) is 0 Å². The number of carbonyl (C=O) groups is 2. The van der Waals surface area contributed by atoms with Crippen molar-refractivity contribution in [3.8, 4) is 0 Å². The van der Waals surface area contributed by atoms with E-state index in [1.54, 1.807) is 17.4 Å². The van der Waals surface area contributed by atoms with E-state index in [9.17, 15) is 14.7 Å². The predicted octanol–water partition coefficient (Wildman–Crippen LogP) is 3.08. The Morgan fingerprint density at radius 1 is 1.16 bits per heavy atom. The Morgan fingerprint density at radius 2 is 1.96 bits per heavy atom. The lowest BCUT2D eigenvalue weighted by molar-refractivity contribution is -0.136. The zero-order valence-corrected chi connectivity index (χ0v) is 15.7. The molecule has 1 heterocycles. The first-order chi connectivity index (χ1) is 12.2. The Morgan fingerprint density at radius 3 is 2.64 bits per heavy atom. The number of carbonyl (C=O) groups excluding carboxylic acids is 2. The summed E-state index contributed by atoms with van der Waals surface area (Å²) in [5.41, 5.74) is 0.631. The van der Waals surface area contributed by atoms with Gasteiger partial charge in [0.15, 0.2) is 0 Å². The smallest absolute Gasteiger partial charge is 0.313 e. The third kappa shape index (κ3) is 5.88. The molecule has 1 aromatic carbocycles. The zero-order valence-electron chi connectivity index (χ0n) is 14.0. The summed E-state index contributed by atoms with van der Waals surface area (Å²) in [5.74, 6) is -1.13. The van der Waals surface area contributed by atoms with E-state index >= 15 is 0 Å². The summed E-state index contributed by atoms with van der Waals surface area (Å²) in [6, 6.07) is 11.4. The van der Waals surface area contributed by atoms with Gasteiger partial charge in [-0.3, -0.25) is 9.59 Å². The van der Waals surface area contributed by atoms with Crippen molar-refractivity contribution in [1.82, 2.24) is 5.32 Å². The van der Waals surface area contributed by atoms with Gasteiger partial charge in [-0.25, -0.2) is 0 Å². The maximum absolute atomic E-state index is 12.0. The minimum Gasteiger partial charge on any atom is -0.396 e. The average Bonchev–Trinajstić information content (AvgIpc) is 3.15. The minimum atomic E-state index is -0.670. The van der Waals surface area contributed by atoms with E-state index in [0.29, 0.717) is 25.1 Å². The van der Waals surface area contributed by atoms with Crippen LogP contribution in [0.2, 0.25) is 0 Å². The quantitative estimate of drug-likeness (QED) is 0.487. The van der Waals surface area contributed by atoms with Crippen molar-refractivity contribution in [2.75, 3.05) is 24.7 Å². The van der Waals surface area contributed by atoms with Crippen LogP contribution in [0.4, 0.5) is 5.69 Å². The zero-order chi connectivity index (χ0) is 18.1. The molecule has 2 rings (SSSR count).